The summed E-state index contributed by atoms with van der Waals surface area (Å²) in [6.45, 7) is 4.53. The van der Waals surface area contributed by atoms with Gasteiger partial charge in [-0.15, -0.1) is 0 Å². The molecule has 0 unspecified atom stereocenters. The summed E-state index contributed by atoms with van der Waals surface area (Å²) in [4.78, 5) is 0. The van der Waals surface area contributed by atoms with Crippen molar-refractivity contribution in [3.8, 4) is 17.2 Å². The first kappa shape index (κ1) is 14.7. The molecule has 4 nitrogen and oxygen atoms in total. The highest BCUT2D eigenvalue weighted by atomic mass is 16.7. The Bertz CT molecular complexity index is 642. The average Bonchev–Trinajstić information content (AvgIpc) is 3.04. The minimum absolute atomic E-state index is 0.136. The van der Waals surface area contributed by atoms with Crippen molar-refractivity contribution in [2.24, 2.45) is 0 Å². The van der Waals surface area contributed by atoms with Gasteiger partial charge in [-0.1, -0.05) is 30.3 Å². The van der Waals surface area contributed by atoms with Crippen molar-refractivity contribution in [3.63, 3.8) is 0 Å². The van der Waals surface area contributed by atoms with E-state index in [-0.39, 0.29) is 18.9 Å². The molecule has 0 bridgehead atoms. The number of fused-ring (bicyclic) bond motifs is 1. The molecule has 22 heavy (non-hydrogen) atoms. The molecule has 0 saturated carbocycles. The third kappa shape index (κ3) is 2.74. The van der Waals surface area contributed by atoms with Gasteiger partial charge in [0.1, 0.15) is 0 Å². The molecule has 0 aromatic heterocycles. The maximum absolute atomic E-state index is 5.64. The van der Waals surface area contributed by atoms with E-state index in [2.05, 4.69) is 43.4 Å². The van der Waals surface area contributed by atoms with Crippen LogP contribution in [-0.2, 0) is 0 Å². The predicted octanol–water partition coefficient (Wildman–Crippen LogP) is 3.84. The van der Waals surface area contributed by atoms with Crippen LogP contribution in [0.2, 0.25) is 0 Å². The molecule has 0 saturated heterocycles. The van der Waals surface area contributed by atoms with Crippen molar-refractivity contribution in [2.45, 2.75) is 25.9 Å². The van der Waals surface area contributed by atoms with E-state index >= 15 is 0 Å². The lowest BCUT2D eigenvalue weighted by atomic mass is 10.0. The molecule has 116 valence electrons. The van der Waals surface area contributed by atoms with Crippen molar-refractivity contribution in [2.75, 3.05) is 13.9 Å². The van der Waals surface area contributed by atoms with E-state index in [0.29, 0.717) is 11.5 Å². The van der Waals surface area contributed by atoms with Gasteiger partial charge in [0.15, 0.2) is 11.5 Å². The minimum atomic E-state index is 0.136. The van der Waals surface area contributed by atoms with E-state index < -0.39 is 0 Å². The van der Waals surface area contributed by atoms with E-state index in [1.165, 1.54) is 5.56 Å². The molecule has 1 aliphatic heterocycles. The SMILES string of the molecule is COc1ccc([C@H](C)N[C@@H](C)c2ccccc2)c2c1OCO2. The van der Waals surface area contributed by atoms with Crippen molar-refractivity contribution >= 4 is 0 Å². The molecule has 2 aromatic rings. The van der Waals surface area contributed by atoms with E-state index in [1.54, 1.807) is 7.11 Å². The first-order chi connectivity index (χ1) is 10.7. The second-order valence-corrected chi connectivity index (χ2v) is 5.44. The zero-order chi connectivity index (χ0) is 15.5. The van der Waals surface area contributed by atoms with E-state index in [9.17, 15) is 0 Å². The molecule has 0 spiro atoms. The fourth-order valence-corrected chi connectivity index (χ4v) is 2.80. The van der Waals surface area contributed by atoms with Gasteiger partial charge in [0.25, 0.3) is 0 Å². The second-order valence-electron chi connectivity index (χ2n) is 5.44. The zero-order valence-electron chi connectivity index (χ0n) is 13.1. The van der Waals surface area contributed by atoms with Gasteiger partial charge in [-0.05, 0) is 31.5 Å². The lowest BCUT2D eigenvalue weighted by molar-refractivity contribution is 0.170. The van der Waals surface area contributed by atoms with Gasteiger partial charge < -0.3 is 19.5 Å². The summed E-state index contributed by atoms with van der Waals surface area (Å²) in [5.74, 6) is 2.18. The molecule has 0 aliphatic carbocycles. The maximum atomic E-state index is 5.64. The van der Waals surface area contributed by atoms with Gasteiger partial charge in [-0.2, -0.15) is 0 Å². The summed E-state index contributed by atoms with van der Waals surface area (Å²) in [6.07, 6.45) is 0. The van der Waals surface area contributed by atoms with Gasteiger partial charge in [-0.3, -0.25) is 0 Å². The van der Waals surface area contributed by atoms with Crippen LogP contribution in [0.5, 0.6) is 17.2 Å². The van der Waals surface area contributed by atoms with Crippen LogP contribution in [0.1, 0.15) is 37.1 Å². The standard InChI is InChI=1S/C18H21NO3/c1-12(14-7-5-4-6-8-14)19-13(2)15-9-10-16(20-3)18-17(15)21-11-22-18/h4-10,12-13,19H,11H2,1-3H3/t12-,13-/m0/s1. The minimum Gasteiger partial charge on any atom is -0.493 e. The Hall–Kier alpha value is -2.20. The highest BCUT2D eigenvalue weighted by molar-refractivity contribution is 5.57. The summed E-state index contributed by atoms with van der Waals surface area (Å²) in [5, 5.41) is 3.60. The summed E-state index contributed by atoms with van der Waals surface area (Å²) < 4.78 is 16.5. The molecule has 0 radical (unpaired) electrons. The van der Waals surface area contributed by atoms with Crippen LogP contribution < -0.4 is 19.5 Å². The molecule has 1 aliphatic rings. The van der Waals surface area contributed by atoms with Gasteiger partial charge in [0.2, 0.25) is 12.5 Å². The highest BCUT2D eigenvalue weighted by Crippen LogP contribution is 2.45. The van der Waals surface area contributed by atoms with Crippen LogP contribution in [0, 0.1) is 0 Å². The average molecular weight is 299 g/mol. The highest BCUT2D eigenvalue weighted by Gasteiger charge is 2.25. The van der Waals surface area contributed by atoms with Gasteiger partial charge >= 0.3 is 0 Å². The third-order valence-electron chi connectivity index (χ3n) is 4.00. The van der Waals surface area contributed by atoms with Crippen LogP contribution in [0.4, 0.5) is 0 Å². The Morgan fingerprint density at radius 3 is 2.41 bits per heavy atom. The molecular weight excluding hydrogens is 278 g/mol. The van der Waals surface area contributed by atoms with Crippen molar-refractivity contribution in [1.82, 2.24) is 5.32 Å². The van der Waals surface area contributed by atoms with Crippen molar-refractivity contribution < 1.29 is 14.2 Å². The van der Waals surface area contributed by atoms with Crippen molar-refractivity contribution in [1.29, 1.82) is 0 Å². The molecule has 2 atom stereocenters. The lowest BCUT2D eigenvalue weighted by Gasteiger charge is -2.22. The number of benzene rings is 2. The van der Waals surface area contributed by atoms with Crippen LogP contribution >= 0.6 is 0 Å². The Morgan fingerprint density at radius 1 is 0.955 bits per heavy atom. The largest absolute Gasteiger partial charge is 0.493 e. The van der Waals surface area contributed by atoms with E-state index in [1.807, 2.05) is 18.2 Å². The van der Waals surface area contributed by atoms with Gasteiger partial charge in [0, 0.05) is 17.6 Å². The van der Waals surface area contributed by atoms with Crippen LogP contribution in [-0.4, -0.2) is 13.9 Å². The molecule has 4 heteroatoms. The van der Waals surface area contributed by atoms with Gasteiger partial charge in [-0.25, -0.2) is 0 Å². The Labute approximate surface area is 131 Å². The molecule has 1 heterocycles. The number of hydrogen-bond acceptors (Lipinski definition) is 4. The second kappa shape index (κ2) is 6.28. The first-order valence-corrected chi connectivity index (χ1v) is 7.48. The Morgan fingerprint density at radius 2 is 1.68 bits per heavy atom. The maximum Gasteiger partial charge on any atom is 0.231 e. The topological polar surface area (TPSA) is 39.7 Å². The summed E-state index contributed by atoms with van der Waals surface area (Å²) in [7, 11) is 1.64. The molecule has 0 fully saturated rings. The molecule has 3 rings (SSSR count). The number of hydrogen-bond donors (Lipinski definition) is 1. The predicted molar refractivity (Wildman–Crippen MR) is 85.5 cm³/mol. The molecular formula is C18H21NO3. The summed E-state index contributed by atoms with van der Waals surface area (Å²) in [5.41, 5.74) is 2.34. The fraction of sp³-hybridized carbons (Fsp3) is 0.333. The quantitative estimate of drug-likeness (QED) is 0.910. The van der Waals surface area contributed by atoms with E-state index in [4.69, 9.17) is 14.2 Å². The monoisotopic (exact) mass is 299 g/mol. The number of rotatable bonds is 5. The van der Waals surface area contributed by atoms with E-state index in [0.717, 1.165) is 11.3 Å². The third-order valence-corrected chi connectivity index (χ3v) is 4.00. The smallest absolute Gasteiger partial charge is 0.231 e. The van der Waals surface area contributed by atoms with Crippen LogP contribution in [0.15, 0.2) is 42.5 Å². The summed E-state index contributed by atoms with van der Waals surface area (Å²) in [6, 6.07) is 14.7. The van der Waals surface area contributed by atoms with Gasteiger partial charge in [0.05, 0.1) is 7.11 Å². The van der Waals surface area contributed by atoms with Crippen molar-refractivity contribution in [3.05, 3.63) is 53.6 Å². The first-order valence-electron chi connectivity index (χ1n) is 7.48. The number of methoxy groups -OCH3 is 1. The molecule has 1 N–H and O–H groups in total. The molecule has 2 aromatic carbocycles. The lowest BCUT2D eigenvalue weighted by Crippen LogP contribution is -2.22. The van der Waals surface area contributed by atoms with Crippen LogP contribution in [0.3, 0.4) is 0 Å². The fourth-order valence-electron chi connectivity index (χ4n) is 2.80. The Kier molecular flexibility index (Phi) is 4.20. The van der Waals surface area contributed by atoms with Crippen LogP contribution in [0.25, 0.3) is 0 Å². The molecule has 0 amide bonds. The number of nitrogens with one attached hydrogen (secondary N) is 1. The normalized spacial score (nSPS) is 15.4. The number of ether oxygens (including phenoxy) is 3. The zero-order valence-corrected chi connectivity index (χ0v) is 13.1. The Balaban J connectivity index is 1.81. The summed E-state index contributed by atoms with van der Waals surface area (Å²) >= 11 is 0.